The maximum Gasteiger partial charge on any atom is 0.419 e. The number of hydrogen-bond acceptors (Lipinski definition) is 2. The fourth-order valence-electron chi connectivity index (χ4n) is 1.98. The summed E-state index contributed by atoms with van der Waals surface area (Å²) in [6.45, 7) is 3.98. The lowest BCUT2D eigenvalue weighted by Crippen LogP contribution is -2.18. The van der Waals surface area contributed by atoms with Crippen LogP contribution in [0.1, 0.15) is 28.5 Å². The van der Waals surface area contributed by atoms with Gasteiger partial charge in [-0.15, -0.1) is 0 Å². The fraction of sp³-hybridized carbons (Fsp3) is 0.286. The van der Waals surface area contributed by atoms with Gasteiger partial charge in [0, 0.05) is 12.2 Å². The Balaban J connectivity index is 2.55. The average Bonchev–Trinajstić information content (AvgIpc) is 2.72. The zero-order valence-electron chi connectivity index (χ0n) is 12.0. The molecule has 0 spiro atoms. The summed E-state index contributed by atoms with van der Waals surface area (Å²) in [6.07, 6.45) is -4.88. The summed E-state index contributed by atoms with van der Waals surface area (Å²) in [7, 11) is 0. The van der Waals surface area contributed by atoms with Crippen LogP contribution in [0.2, 0.25) is 4.34 Å². The van der Waals surface area contributed by atoms with Crippen molar-refractivity contribution in [2.24, 2.45) is 4.99 Å². The standard InChI is InChI=1S/C14H11ClF4N2OS/c1-3-21-7(2)11(15)23-13(21)20-12(22)8-5-4-6-9(10(8)16)14(17,18)19/h4-6H,3H2,1-2H3. The molecule has 9 heteroatoms. The number of hydrogen-bond donors (Lipinski definition) is 0. The predicted molar refractivity (Wildman–Crippen MR) is 79.0 cm³/mol. The molecule has 2 rings (SSSR count). The molecule has 0 atom stereocenters. The van der Waals surface area contributed by atoms with E-state index in [2.05, 4.69) is 4.99 Å². The van der Waals surface area contributed by atoms with Crippen molar-refractivity contribution < 1.29 is 22.4 Å². The summed E-state index contributed by atoms with van der Waals surface area (Å²) in [5.41, 5.74) is -1.55. The zero-order chi connectivity index (χ0) is 17.4. The van der Waals surface area contributed by atoms with Gasteiger partial charge in [-0.05, 0) is 26.0 Å². The Morgan fingerprint density at radius 2 is 2.04 bits per heavy atom. The molecule has 0 radical (unpaired) electrons. The van der Waals surface area contributed by atoms with Crippen LogP contribution in [-0.4, -0.2) is 10.5 Å². The van der Waals surface area contributed by atoms with E-state index >= 15 is 0 Å². The molecule has 0 N–H and O–H groups in total. The van der Waals surface area contributed by atoms with Crippen LogP contribution in [0.3, 0.4) is 0 Å². The van der Waals surface area contributed by atoms with Crippen LogP contribution >= 0.6 is 22.9 Å². The second-order valence-corrected chi connectivity index (χ2v) is 6.15. The normalized spacial score (nSPS) is 12.7. The Morgan fingerprint density at radius 3 is 2.61 bits per heavy atom. The number of nitrogens with zero attached hydrogens (tertiary/aromatic N) is 2. The first-order valence-electron chi connectivity index (χ1n) is 6.47. The minimum atomic E-state index is -4.88. The largest absolute Gasteiger partial charge is 0.419 e. The summed E-state index contributed by atoms with van der Waals surface area (Å²) < 4.78 is 54.1. The first-order valence-corrected chi connectivity index (χ1v) is 7.66. The molecule has 0 aliphatic carbocycles. The molecule has 1 heterocycles. The molecule has 23 heavy (non-hydrogen) atoms. The Kier molecular flexibility index (Phi) is 4.95. The van der Waals surface area contributed by atoms with Gasteiger partial charge in [-0.1, -0.05) is 29.0 Å². The summed E-state index contributed by atoms with van der Waals surface area (Å²) in [5.74, 6) is -2.72. The van der Waals surface area contributed by atoms with E-state index in [0.717, 1.165) is 23.5 Å². The summed E-state index contributed by atoms with van der Waals surface area (Å²) in [4.78, 5) is 16.0. The number of aromatic nitrogens is 1. The molecule has 1 amide bonds. The van der Waals surface area contributed by atoms with E-state index in [1.807, 2.05) is 0 Å². The number of halogens is 5. The van der Waals surface area contributed by atoms with Crippen LogP contribution in [0.4, 0.5) is 17.6 Å². The van der Waals surface area contributed by atoms with Crippen molar-refractivity contribution in [3.63, 3.8) is 0 Å². The monoisotopic (exact) mass is 366 g/mol. The first-order chi connectivity index (χ1) is 10.7. The van der Waals surface area contributed by atoms with Crippen molar-refractivity contribution in [3.05, 3.63) is 50.0 Å². The number of benzene rings is 1. The van der Waals surface area contributed by atoms with Crippen molar-refractivity contribution in [2.45, 2.75) is 26.6 Å². The molecule has 0 fully saturated rings. The molecular formula is C14H11ClF4N2OS. The maximum absolute atomic E-state index is 14.0. The molecule has 0 saturated heterocycles. The number of carbonyl (C=O) groups excluding carboxylic acids is 1. The van der Waals surface area contributed by atoms with Crippen molar-refractivity contribution in [2.75, 3.05) is 0 Å². The molecule has 0 saturated carbocycles. The number of rotatable bonds is 2. The minimum absolute atomic E-state index is 0.205. The topological polar surface area (TPSA) is 34.4 Å². The Morgan fingerprint density at radius 1 is 1.39 bits per heavy atom. The van der Waals surface area contributed by atoms with Gasteiger partial charge in [0.1, 0.15) is 10.2 Å². The van der Waals surface area contributed by atoms with Gasteiger partial charge in [-0.3, -0.25) is 4.79 Å². The Labute approximate surface area is 137 Å². The Hall–Kier alpha value is -1.67. The average molecular weight is 367 g/mol. The first kappa shape index (κ1) is 17.7. The molecule has 1 aromatic heterocycles. The van der Waals surface area contributed by atoms with E-state index in [1.165, 1.54) is 0 Å². The highest BCUT2D eigenvalue weighted by atomic mass is 35.5. The summed E-state index contributed by atoms with van der Waals surface area (Å²) in [5, 5.41) is 0. The highest BCUT2D eigenvalue weighted by Gasteiger charge is 2.35. The maximum atomic E-state index is 14.0. The summed E-state index contributed by atoms with van der Waals surface area (Å²) in [6, 6.07) is 2.51. The van der Waals surface area contributed by atoms with Crippen LogP contribution in [-0.2, 0) is 12.7 Å². The lowest BCUT2D eigenvalue weighted by atomic mass is 10.1. The summed E-state index contributed by atoms with van der Waals surface area (Å²) >= 11 is 6.96. The molecular weight excluding hydrogens is 356 g/mol. The van der Waals surface area contributed by atoms with Crippen LogP contribution in [0, 0.1) is 12.7 Å². The third-order valence-corrected chi connectivity index (χ3v) is 4.62. The van der Waals surface area contributed by atoms with Crippen LogP contribution < -0.4 is 4.80 Å². The highest BCUT2D eigenvalue weighted by molar-refractivity contribution is 7.13. The van der Waals surface area contributed by atoms with Crippen molar-refractivity contribution >= 4 is 28.8 Å². The van der Waals surface area contributed by atoms with Gasteiger partial charge < -0.3 is 4.57 Å². The van der Waals surface area contributed by atoms with E-state index in [1.54, 1.807) is 18.4 Å². The molecule has 1 aromatic carbocycles. The molecule has 0 aliphatic heterocycles. The smallest absolute Gasteiger partial charge is 0.320 e. The van der Waals surface area contributed by atoms with Gasteiger partial charge in [0.25, 0.3) is 5.91 Å². The molecule has 0 bridgehead atoms. The van der Waals surface area contributed by atoms with E-state index in [0.29, 0.717) is 22.6 Å². The minimum Gasteiger partial charge on any atom is -0.320 e. The lowest BCUT2D eigenvalue weighted by Gasteiger charge is -2.09. The van der Waals surface area contributed by atoms with Crippen LogP contribution in [0.5, 0.6) is 0 Å². The van der Waals surface area contributed by atoms with Crippen LogP contribution in [0.25, 0.3) is 0 Å². The van der Waals surface area contributed by atoms with Gasteiger partial charge in [-0.25, -0.2) is 4.39 Å². The van der Waals surface area contributed by atoms with E-state index < -0.39 is 29.0 Å². The third kappa shape index (κ3) is 3.48. The lowest BCUT2D eigenvalue weighted by molar-refractivity contribution is -0.140. The van der Waals surface area contributed by atoms with Crippen LogP contribution in [0.15, 0.2) is 23.2 Å². The van der Waals surface area contributed by atoms with Crippen molar-refractivity contribution in [1.82, 2.24) is 4.57 Å². The number of thiazole rings is 1. The van der Waals surface area contributed by atoms with Gasteiger partial charge in [0.15, 0.2) is 4.80 Å². The van der Waals surface area contributed by atoms with Crippen molar-refractivity contribution in [1.29, 1.82) is 0 Å². The predicted octanol–water partition coefficient (Wildman–Crippen LogP) is 4.43. The zero-order valence-corrected chi connectivity index (χ0v) is 13.6. The molecule has 124 valence electrons. The number of alkyl halides is 3. The van der Waals surface area contributed by atoms with E-state index in [4.69, 9.17) is 11.6 Å². The third-order valence-electron chi connectivity index (χ3n) is 3.15. The second-order valence-electron chi connectivity index (χ2n) is 4.57. The van der Waals surface area contributed by atoms with Crippen molar-refractivity contribution in [3.8, 4) is 0 Å². The quantitative estimate of drug-likeness (QED) is 0.724. The number of amides is 1. The van der Waals surface area contributed by atoms with Gasteiger partial charge in [-0.2, -0.15) is 18.2 Å². The van der Waals surface area contributed by atoms with E-state index in [9.17, 15) is 22.4 Å². The number of carbonyl (C=O) groups is 1. The fourth-order valence-corrected chi connectivity index (χ4v) is 3.21. The van der Waals surface area contributed by atoms with Gasteiger partial charge in [0.2, 0.25) is 0 Å². The van der Waals surface area contributed by atoms with E-state index in [-0.39, 0.29) is 4.80 Å². The molecule has 0 aliphatic rings. The molecule has 0 unspecified atom stereocenters. The van der Waals surface area contributed by atoms with Gasteiger partial charge in [0.05, 0.1) is 11.1 Å². The van der Waals surface area contributed by atoms with Gasteiger partial charge >= 0.3 is 6.18 Å². The SMILES string of the molecule is CCn1c(C)c(Cl)sc1=NC(=O)c1cccc(C(F)(F)F)c1F. The highest BCUT2D eigenvalue weighted by Crippen LogP contribution is 2.32. The molecule has 2 aromatic rings. The second kappa shape index (κ2) is 6.45. The Bertz CT molecular complexity index is 823. The molecule has 3 nitrogen and oxygen atoms in total.